The lowest BCUT2D eigenvalue weighted by molar-refractivity contribution is -0.137. The summed E-state index contributed by atoms with van der Waals surface area (Å²) in [5.74, 6) is 0.308. The molecule has 2 aromatic rings. The Morgan fingerprint density at radius 1 is 1.03 bits per heavy atom. The van der Waals surface area contributed by atoms with Gasteiger partial charge in [-0.3, -0.25) is 14.5 Å². The van der Waals surface area contributed by atoms with Crippen LogP contribution < -0.4 is 9.47 Å². The molecule has 29 heavy (non-hydrogen) atoms. The van der Waals surface area contributed by atoms with Crippen molar-refractivity contribution >= 4 is 29.0 Å². The van der Waals surface area contributed by atoms with Gasteiger partial charge in [0.25, 0.3) is 11.1 Å². The van der Waals surface area contributed by atoms with Crippen LogP contribution in [0, 0.1) is 0 Å². The van der Waals surface area contributed by atoms with E-state index in [0.717, 1.165) is 17.0 Å². The molecule has 0 radical (unpaired) electrons. The molecule has 1 heterocycles. The predicted molar refractivity (Wildman–Crippen MR) is 103 cm³/mol. The van der Waals surface area contributed by atoms with Crippen LogP contribution in [0.15, 0.2) is 53.4 Å². The second-order valence-corrected chi connectivity index (χ2v) is 6.91. The van der Waals surface area contributed by atoms with Gasteiger partial charge in [-0.25, -0.2) is 0 Å². The molecule has 1 fully saturated rings. The lowest BCUT2D eigenvalue weighted by Gasteiger charge is -2.14. The highest BCUT2D eigenvalue weighted by Gasteiger charge is 2.37. The first-order chi connectivity index (χ1) is 13.8. The molecule has 0 saturated carbocycles. The summed E-state index contributed by atoms with van der Waals surface area (Å²) in [5, 5.41) is -0.561. The van der Waals surface area contributed by atoms with Gasteiger partial charge in [-0.15, -0.1) is 0 Å². The van der Waals surface area contributed by atoms with Gasteiger partial charge < -0.3 is 9.47 Å². The largest absolute Gasteiger partial charge is 0.493 e. The molecule has 1 saturated heterocycles. The van der Waals surface area contributed by atoms with Crippen LogP contribution in [0.4, 0.5) is 18.0 Å². The highest BCUT2D eigenvalue weighted by Crippen LogP contribution is 2.36. The van der Waals surface area contributed by atoms with Gasteiger partial charge in [0.1, 0.15) is 6.61 Å². The highest BCUT2D eigenvalue weighted by atomic mass is 32.2. The first-order valence-electron chi connectivity index (χ1n) is 8.48. The van der Waals surface area contributed by atoms with Crippen molar-refractivity contribution in [1.29, 1.82) is 0 Å². The van der Waals surface area contributed by atoms with E-state index in [1.54, 1.807) is 24.3 Å². The van der Waals surface area contributed by atoms with E-state index in [0.29, 0.717) is 23.3 Å². The SMILES string of the molecule is COc1ccccc1OCCN1C(=O)S/C(=C\c2ccccc2C(F)(F)F)C1=O. The topological polar surface area (TPSA) is 55.8 Å². The van der Waals surface area contributed by atoms with Crippen molar-refractivity contribution in [2.45, 2.75) is 6.18 Å². The summed E-state index contributed by atoms with van der Waals surface area (Å²) in [6.07, 6.45) is -3.47. The molecule has 3 rings (SSSR count). The Bertz CT molecular complexity index is 959. The number of alkyl halides is 3. The number of halogens is 3. The lowest BCUT2D eigenvalue weighted by Crippen LogP contribution is -2.32. The summed E-state index contributed by atoms with van der Waals surface area (Å²) in [6, 6.07) is 11.8. The van der Waals surface area contributed by atoms with Crippen molar-refractivity contribution in [3.8, 4) is 11.5 Å². The number of carbonyl (C=O) groups is 2. The second kappa shape index (κ2) is 8.60. The molecule has 2 aromatic carbocycles. The molecule has 0 bridgehead atoms. The maximum atomic E-state index is 13.1. The molecule has 9 heteroatoms. The Balaban J connectivity index is 1.71. The molecule has 0 aliphatic carbocycles. The Morgan fingerprint density at radius 3 is 2.38 bits per heavy atom. The van der Waals surface area contributed by atoms with Gasteiger partial charge in [0, 0.05) is 0 Å². The molecule has 5 nitrogen and oxygen atoms in total. The third-order valence-electron chi connectivity index (χ3n) is 4.07. The fraction of sp³-hybridized carbons (Fsp3) is 0.200. The summed E-state index contributed by atoms with van der Waals surface area (Å²) in [7, 11) is 1.49. The Hall–Kier alpha value is -2.94. The number of imide groups is 1. The molecule has 0 N–H and O–H groups in total. The van der Waals surface area contributed by atoms with Crippen molar-refractivity contribution in [2.75, 3.05) is 20.3 Å². The summed E-state index contributed by atoms with van der Waals surface area (Å²) >= 11 is 0.601. The Labute approximate surface area is 169 Å². The minimum Gasteiger partial charge on any atom is -0.493 e. The van der Waals surface area contributed by atoms with Gasteiger partial charge >= 0.3 is 6.18 Å². The standard InChI is InChI=1S/C20H16F3NO4S/c1-27-15-8-4-5-9-16(15)28-11-10-24-18(25)17(29-19(24)26)12-13-6-2-3-7-14(13)20(21,22)23/h2-9,12H,10-11H2,1H3/b17-12-. The van der Waals surface area contributed by atoms with Crippen LogP contribution in [0.3, 0.4) is 0 Å². The molecule has 0 unspecified atom stereocenters. The van der Waals surface area contributed by atoms with E-state index in [4.69, 9.17) is 9.47 Å². The first-order valence-corrected chi connectivity index (χ1v) is 9.30. The third kappa shape index (κ3) is 4.73. The zero-order chi connectivity index (χ0) is 21.0. The smallest absolute Gasteiger partial charge is 0.416 e. The zero-order valence-electron chi connectivity index (χ0n) is 15.2. The lowest BCUT2D eigenvalue weighted by atomic mass is 10.1. The van der Waals surface area contributed by atoms with Crippen LogP contribution in [0.5, 0.6) is 11.5 Å². The van der Waals surface area contributed by atoms with E-state index < -0.39 is 22.9 Å². The molecular formula is C20H16F3NO4S. The van der Waals surface area contributed by atoms with E-state index in [1.165, 1.54) is 25.3 Å². The molecule has 0 spiro atoms. The number of carbonyl (C=O) groups excluding carboxylic acids is 2. The van der Waals surface area contributed by atoms with Crippen molar-refractivity contribution in [3.63, 3.8) is 0 Å². The summed E-state index contributed by atoms with van der Waals surface area (Å²) in [5.41, 5.74) is -1.04. The summed E-state index contributed by atoms with van der Waals surface area (Å²) in [4.78, 5) is 25.5. The van der Waals surface area contributed by atoms with E-state index in [9.17, 15) is 22.8 Å². The molecule has 0 atom stereocenters. The maximum Gasteiger partial charge on any atom is 0.416 e. The molecule has 1 aliphatic rings. The molecular weight excluding hydrogens is 407 g/mol. The van der Waals surface area contributed by atoms with Gasteiger partial charge in [-0.1, -0.05) is 30.3 Å². The Morgan fingerprint density at radius 2 is 1.69 bits per heavy atom. The summed E-state index contributed by atoms with van der Waals surface area (Å²) in [6.45, 7) is -0.0220. The molecule has 1 aliphatic heterocycles. The summed E-state index contributed by atoms with van der Waals surface area (Å²) < 4.78 is 50.1. The third-order valence-corrected chi connectivity index (χ3v) is 4.98. The Kier molecular flexibility index (Phi) is 6.17. The van der Waals surface area contributed by atoms with Gasteiger partial charge in [0.2, 0.25) is 0 Å². The van der Waals surface area contributed by atoms with E-state index in [-0.39, 0.29) is 23.6 Å². The van der Waals surface area contributed by atoms with Gasteiger partial charge in [0.15, 0.2) is 11.5 Å². The number of ether oxygens (including phenoxy) is 2. The zero-order valence-corrected chi connectivity index (χ0v) is 16.0. The average molecular weight is 423 g/mol. The number of methoxy groups -OCH3 is 1. The number of hydrogen-bond acceptors (Lipinski definition) is 5. The maximum absolute atomic E-state index is 13.1. The van der Waals surface area contributed by atoms with E-state index in [2.05, 4.69) is 0 Å². The first kappa shape index (κ1) is 20.8. The number of nitrogens with zero attached hydrogens (tertiary/aromatic N) is 1. The van der Waals surface area contributed by atoms with Crippen LogP contribution in [0.1, 0.15) is 11.1 Å². The number of para-hydroxylation sites is 2. The molecule has 0 aromatic heterocycles. The number of benzene rings is 2. The monoisotopic (exact) mass is 423 g/mol. The minimum atomic E-state index is -4.56. The van der Waals surface area contributed by atoms with E-state index in [1.807, 2.05) is 0 Å². The minimum absolute atomic E-state index is 0.0187. The predicted octanol–water partition coefficient (Wildman–Crippen LogP) is 4.83. The van der Waals surface area contributed by atoms with E-state index >= 15 is 0 Å². The van der Waals surface area contributed by atoms with Crippen LogP contribution in [0.2, 0.25) is 0 Å². The van der Waals surface area contributed by atoms with Crippen molar-refractivity contribution in [1.82, 2.24) is 4.90 Å². The second-order valence-electron chi connectivity index (χ2n) is 5.92. The van der Waals surface area contributed by atoms with Crippen molar-refractivity contribution in [3.05, 3.63) is 64.6 Å². The fourth-order valence-corrected chi connectivity index (χ4v) is 3.56. The highest BCUT2D eigenvalue weighted by molar-refractivity contribution is 8.18. The van der Waals surface area contributed by atoms with Crippen LogP contribution in [-0.2, 0) is 11.0 Å². The van der Waals surface area contributed by atoms with Crippen molar-refractivity contribution in [2.24, 2.45) is 0 Å². The van der Waals surface area contributed by atoms with Crippen LogP contribution in [0.25, 0.3) is 6.08 Å². The number of hydrogen-bond donors (Lipinski definition) is 0. The average Bonchev–Trinajstić information content (AvgIpc) is 2.95. The van der Waals surface area contributed by atoms with Gasteiger partial charge in [0.05, 0.1) is 24.1 Å². The molecule has 152 valence electrons. The van der Waals surface area contributed by atoms with Gasteiger partial charge in [-0.2, -0.15) is 13.2 Å². The van der Waals surface area contributed by atoms with Crippen LogP contribution >= 0.6 is 11.8 Å². The number of thioether (sulfide) groups is 1. The van der Waals surface area contributed by atoms with Gasteiger partial charge in [-0.05, 0) is 41.6 Å². The van der Waals surface area contributed by atoms with Crippen LogP contribution in [-0.4, -0.2) is 36.3 Å². The normalized spacial score (nSPS) is 15.9. The number of amides is 2. The molecule has 2 amide bonds. The van der Waals surface area contributed by atoms with Crippen molar-refractivity contribution < 1.29 is 32.2 Å². The quantitative estimate of drug-likeness (QED) is 0.623. The fourth-order valence-electron chi connectivity index (χ4n) is 2.70. The number of rotatable bonds is 6.